The van der Waals surface area contributed by atoms with Gasteiger partial charge in [0.2, 0.25) is 5.91 Å². The highest BCUT2D eigenvalue weighted by Crippen LogP contribution is 2.19. The molecule has 108 valence electrons. The third kappa shape index (κ3) is 3.45. The molecular weight excluding hydrogens is 276 g/mol. The zero-order valence-corrected chi connectivity index (χ0v) is 11.9. The summed E-state index contributed by atoms with van der Waals surface area (Å²) in [7, 11) is 0. The minimum Gasteiger partial charge on any atom is -0.480 e. The highest BCUT2D eigenvalue weighted by atomic mass is 32.2. The summed E-state index contributed by atoms with van der Waals surface area (Å²) < 4.78 is 0. The molecule has 1 fully saturated rings. The third-order valence-electron chi connectivity index (χ3n) is 3.40. The van der Waals surface area contributed by atoms with E-state index in [1.165, 1.54) is 4.90 Å². The van der Waals surface area contributed by atoms with Crippen molar-refractivity contribution < 1.29 is 14.7 Å². The number of nitrogens with two attached hydrogens (primary N) is 1. The Morgan fingerprint density at radius 2 is 2.15 bits per heavy atom. The van der Waals surface area contributed by atoms with Crippen molar-refractivity contribution >= 4 is 29.3 Å². The monoisotopic (exact) mass is 294 g/mol. The van der Waals surface area contributed by atoms with Gasteiger partial charge in [0, 0.05) is 30.2 Å². The van der Waals surface area contributed by atoms with Gasteiger partial charge < -0.3 is 15.7 Å². The van der Waals surface area contributed by atoms with Gasteiger partial charge in [-0.25, -0.2) is 4.79 Å². The molecular formula is C14H18N2O3S. The lowest BCUT2D eigenvalue weighted by Gasteiger charge is -2.32. The van der Waals surface area contributed by atoms with Crippen molar-refractivity contribution in [2.24, 2.45) is 0 Å². The lowest BCUT2D eigenvalue weighted by Crippen LogP contribution is -2.50. The molecule has 6 heteroatoms. The fourth-order valence-electron chi connectivity index (χ4n) is 2.25. The van der Waals surface area contributed by atoms with Gasteiger partial charge in [0.25, 0.3) is 0 Å². The molecule has 1 heterocycles. The number of carbonyl (C=O) groups is 2. The number of amides is 1. The van der Waals surface area contributed by atoms with Crippen molar-refractivity contribution in [1.29, 1.82) is 0 Å². The molecule has 0 saturated carbocycles. The van der Waals surface area contributed by atoms with Crippen LogP contribution in [0, 0.1) is 0 Å². The van der Waals surface area contributed by atoms with Crippen LogP contribution in [0.25, 0.3) is 0 Å². The van der Waals surface area contributed by atoms with E-state index in [9.17, 15) is 9.59 Å². The summed E-state index contributed by atoms with van der Waals surface area (Å²) >= 11 is 1.57. The SMILES string of the molecule is Nc1ccccc1CCC(=O)N1CCSCC1C(=O)O. The summed E-state index contributed by atoms with van der Waals surface area (Å²) in [5.41, 5.74) is 7.44. The highest BCUT2D eigenvalue weighted by molar-refractivity contribution is 7.99. The number of nitrogen functional groups attached to an aromatic ring is 1. The molecule has 0 spiro atoms. The highest BCUT2D eigenvalue weighted by Gasteiger charge is 2.31. The third-order valence-corrected chi connectivity index (χ3v) is 4.42. The number of carboxylic acid groups (broad SMARTS) is 1. The molecule has 0 bridgehead atoms. The number of carboxylic acids is 1. The maximum atomic E-state index is 12.2. The Balaban J connectivity index is 1.97. The average Bonchev–Trinajstić information content (AvgIpc) is 2.46. The Labute approximate surface area is 122 Å². The van der Waals surface area contributed by atoms with Crippen LogP contribution in [0.15, 0.2) is 24.3 Å². The Bertz CT molecular complexity index is 507. The largest absolute Gasteiger partial charge is 0.480 e. The lowest BCUT2D eigenvalue weighted by atomic mass is 10.1. The van der Waals surface area contributed by atoms with E-state index >= 15 is 0 Å². The van der Waals surface area contributed by atoms with Crippen LogP contribution in [-0.4, -0.2) is 46.0 Å². The van der Waals surface area contributed by atoms with Crippen molar-refractivity contribution in [3.8, 4) is 0 Å². The first-order valence-corrected chi connectivity index (χ1v) is 7.68. The van der Waals surface area contributed by atoms with Crippen LogP contribution in [0.4, 0.5) is 5.69 Å². The van der Waals surface area contributed by atoms with Crippen LogP contribution in [-0.2, 0) is 16.0 Å². The van der Waals surface area contributed by atoms with E-state index in [0.29, 0.717) is 30.8 Å². The molecule has 3 N–H and O–H groups in total. The molecule has 1 saturated heterocycles. The molecule has 2 rings (SSSR count). The van der Waals surface area contributed by atoms with Crippen LogP contribution in [0.2, 0.25) is 0 Å². The van der Waals surface area contributed by atoms with E-state index in [4.69, 9.17) is 10.8 Å². The number of hydrogen-bond donors (Lipinski definition) is 2. The number of rotatable bonds is 4. The van der Waals surface area contributed by atoms with Crippen LogP contribution < -0.4 is 5.73 Å². The second-order valence-electron chi connectivity index (χ2n) is 4.71. The normalized spacial score (nSPS) is 18.8. The van der Waals surface area contributed by atoms with E-state index in [1.54, 1.807) is 17.8 Å². The van der Waals surface area contributed by atoms with Crippen molar-refractivity contribution in [2.45, 2.75) is 18.9 Å². The van der Waals surface area contributed by atoms with Crippen molar-refractivity contribution in [1.82, 2.24) is 4.90 Å². The molecule has 1 aliphatic rings. The van der Waals surface area contributed by atoms with E-state index < -0.39 is 12.0 Å². The molecule has 0 aliphatic carbocycles. The number of carbonyl (C=O) groups excluding carboxylic acids is 1. The Morgan fingerprint density at radius 3 is 2.85 bits per heavy atom. The Hall–Kier alpha value is -1.69. The average molecular weight is 294 g/mol. The van der Waals surface area contributed by atoms with E-state index in [1.807, 2.05) is 18.2 Å². The number of benzene rings is 1. The van der Waals surface area contributed by atoms with Gasteiger partial charge in [0.15, 0.2) is 0 Å². The molecule has 1 aromatic carbocycles. The molecule has 5 nitrogen and oxygen atoms in total. The van der Waals surface area contributed by atoms with Crippen LogP contribution >= 0.6 is 11.8 Å². The number of aryl methyl sites for hydroxylation is 1. The van der Waals surface area contributed by atoms with Gasteiger partial charge in [-0.1, -0.05) is 18.2 Å². The quantitative estimate of drug-likeness (QED) is 0.816. The van der Waals surface area contributed by atoms with Crippen LogP contribution in [0.5, 0.6) is 0 Å². The van der Waals surface area contributed by atoms with Gasteiger partial charge in [-0.3, -0.25) is 4.79 Å². The standard InChI is InChI=1S/C14H18N2O3S/c15-11-4-2-1-3-10(11)5-6-13(17)16-7-8-20-9-12(16)14(18)19/h1-4,12H,5-9,15H2,(H,18,19). The van der Waals surface area contributed by atoms with Gasteiger partial charge in [-0.2, -0.15) is 11.8 Å². The fourth-order valence-corrected chi connectivity index (χ4v) is 3.29. The Kier molecular flexibility index (Phi) is 4.89. The van der Waals surface area contributed by atoms with Gasteiger partial charge >= 0.3 is 5.97 Å². The first-order chi connectivity index (χ1) is 9.59. The zero-order valence-electron chi connectivity index (χ0n) is 11.1. The van der Waals surface area contributed by atoms with Crippen LogP contribution in [0.3, 0.4) is 0 Å². The fraction of sp³-hybridized carbons (Fsp3) is 0.429. The van der Waals surface area contributed by atoms with Gasteiger partial charge in [0.1, 0.15) is 6.04 Å². The number of hydrogen-bond acceptors (Lipinski definition) is 4. The predicted molar refractivity (Wildman–Crippen MR) is 79.6 cm³/mol. The number of anilines is 1. The molecule has 1 unspecified atom stereocenters. The summed E-state index contributed by atoms with van der Waals surface area (Å²) in [6.45, 7) is 0.505. The summed E-state index contributed by atoms with van der Waals surface area (Å²) in [6.07, 6.45) is 0.837. The number of aliphatic carboxylic acids is 1. The summed E-state index contributed by atoms with van der Waals surface area (Å²) in [5.74, 6) is 0.225. The predicted octanol–water partition coefficient (Wildman–Crippen LogP) is 1.23. The lowest BCUT2D eigenvalue weighted by molar-refractivity contribution is -0.149. The maximum Gasteiger partial charge on any atom is 0.327 e. The molecule has 0 aromatic heterocycles. The second-order valence-corrected chi connectivity index (χ2v) is 5.86. The Morgan fingerprint density at radius 1 is 1.40 bits per heavy atom. The topological polar surface area (TPSA) is 83.6 Å². The van der Waals surface area contributed by atoms with Gasteiger partial charge in [-0.05, 0) is 18.1 Å². The van der Waals surface area contributed by atoms with Crippen molar-refractivity contribution in [3.63, 3.8) is 0 Å². The first kappa shape index (κ1) is 14.7. The van der Waals surface area contributed by atoms with Crippen LogP contribution in [0.1, 0.15) is 12.0 Å². The molecule has 20 heavy (non-hydrogen) atoms. The second kappa shape index (κ2) is 6.65. The minimum atomic E-state index is -0.926. The molecule has 0 radical (unpaired) electrons. The minimum absolute atomic E-state index is 0.110. The summed E-state index contributed by atoms with van der Waals surface area (Å²) in [4.78, 5) is 24.9. The van der Waals surface area contributed by atoms with E-state index in [0.717, 1.165) is 11.3 Å². The van der Waals surface area contributed by atoms with Crippen molar-refractivity contribution in [3.05, 3.63) is 29.8 Å². The first-order valence-electron chi connectivity index (χ1n) is 6.53. The van der Waals surface area contributed by atoms with Gasteiger partial charge in [0.05, 0.1) is 0 Å². The summed E-state index contributed by atoms with van der Waals surface area (Å²) in [5, 5.41) is 9.16. The smallest absolute Gasteiger partial charge is 0.327 e. The molecule has 1 atom stereocenters. The summed E-state index contributed by atoms with van der Waals surface area (Å²) in [6, 6.07) is 6.73. The number of nitrogens with zero attached hydrogens (tertiary/aromatic N) is 1. The maximum absolute atomic E-state index is 12.2. The molecule has 1 aromatic rings. The van der Waals surface area contributed by atoms with E-state index in [2.05, 4.69) is 0 Å². The number of para-hydroxylation sites is 1. The van der Waals surface area contributed by atoms with Crippen molar-refractivity contribution in [2.75, 3.05) is 23.8 Å². The number of thioether (sulfide) groups is 1. The van der Waals surface area contributed by atoms with E-state index in [-0.39, 0.29) is 5.91 Å². The zero-order chi connectivity index (χ0) is 14.5. The molecule has 1 amide bonds. The molecule has 1 aliphatic heterocycles. The van der Waals surface area contributed by atoms with Gasteiger partial charge in [-0.15, -0.1) is 0 Å².